The van der Waals surface area contributed by atoms with Gasteiger partial charge < -0.3 is 5.32 Å². The van der Waals surface area contributed by atoms with Gasteiger partial charge in [0.1, 0.15) is 0 Å². The number of amides is 1. The maximum absolute atomic E-state index is 12.1. The van der Waals surface area contributed by atoms with Crippen molar-refractivity contribution < 1.29 is 13.2 Å². The molecular formula is C15H24N2O3S. The molecule has 5 nitrogen and oxygen atoms in total. The summed E-state index contributed by atoms with van der Waals surface area (Å²) in [6.07, 6.45) is 4.25. The van der Waals surface area contributed by atoms with Crippen LogP contribution in [0.15, 0.2) is 23.1 Å². The Labute approximate surface area is 127 Å². The summed E-state index contributed by atoms with van der Waals surface area (Å²) in [5.41, 5.74) is 0.844. The molecule has 1 aromatic rings. The lowest BCUT2D eigenvalue weighted by Crippen LogP contribution is -2.32. The highest BCUT2D eigenvalue weighted by Gasteiger charge is 2.16. The molecule has 21 heavy (non-hydrogen) atoms. The van der Waals surface area contributed by atoms with Crippen LogP contribution in [-0.4, -0.2) is 20.4 Å². The van der Waals surface area contributed by atoms with Crippen LogP contribution in [0.5, 0.6) is 0 Å². The van der Waals surface area contributed by atoms with Gasteiger partial charge in [-0.25, -0.2) is 13.6 Å². The SMILES string of the molecule is CCCCCC(C)NC(=O)c1ccc(C)c(S(N)(=O)=O)c1. The minimum Gasteiger partial charge on any atom is -0.350 e. The van der Waals surface area contributed by atoms with Crippen molar-refractivity contribution in [3.63, 3.8) is 0 Å². The van der Waals surface area contributed by atoms with Crippen molar-refractivity contribution in [3.8, 4) is 0 Å². The van der Waals surface area contributed by atoms with Gasteiger partial charge in [-0.05, 0) is 38.0 Å². The molecule has 0 radical (unpaired) electrons. The van der Waals surface area contributed by atoms with Gasteiger partial charge in [0.05, 0.1) is 4.90 Å². The van der Waals surface area contributed by atoms with Crippen molar-refractivity contribution in [3.05, 3.63) is 29.3 Å². The van der Waals surface area contributed by atoms with Gasteiger partial charge >= 0.3 is 0 Å². The van der Waals surface area contributed by atoms with Crippen LogP contribution in [0.4, 0.5) is 0 Å². The molecule has 0 aliphatic heterocycles. The average molecular weight is 312 g/mol. The van der Waals surface area contributed by atoms with E-state index in [1.165, 1.54) is 6.07 Å². The predicted octanol–water partition coefficient (Wildman–Crippen LogP) is 2.34. The molecule has 0 aromatic heterocycles. The van der Waals surface area contributed by atoms with E-state index in [4.69, 9.17) is 5.14 Å². The van der Waals surface area contributed by atoms with Crippen molar-refractivity contribution in [1.82, 2.24) is 5.32 Å². The van der Waals surface area contributed by atoms with Gasteiger partial charge in [-0.1, -0.05) is 32.3 Å². The van der Waals surface area contributed by atoms with Crippen LogP contribution in [0.25, 0.3) is 0 Å². The summed E-state index contributed by atoms with van der Waals surface area (Å²) in [5.74, 6) is -0.274. The number of unbranched alkanes of at least 4 members (excludes halogenated alkanes) is 2. The average Bonchev–Trinajstić information content (AvgIpc) is 2.38. The molecular weight excluding hydrogens is 288 g/mol. The lowest BCUT2D eigenvalue weighted by molar-refractivity contribution is 0.0937. The van der Waals surface area contributed by atoms with Crippen molar-refractivity contribution in [2.45, 2.75) is 57.4 Å². The Balaban J connectivity index is 2.80. The van der Waals surface area contributed by atoms with Crippen LogP contribution in [0.1, 0.15) is 55.5 Å². The maximum atomic E-state index is 12.1. The zero-order valence-electron chi connectivity index (χ0n) is 12.8. The number of benzene rings is 1. The second-order valence-corrected chi connectivity index (χ2v) is 6.93. The molecule has 118 valence electrons. The van der Waals surface area contributed by atoms with E-state index in [2.05, 4.69) is 12.2 Å². The molecule has 0 aliphatic rings. The molecule has 0 fully saturated rings. The predicted molar refractivity (Wildman–Crippen MR) is 83.6 cm³/mol. The monoisotopic (exact) mass is 312 g/mol. The molecule has 1 atom stereocenters. The highest BCUT2D eigenvalue weighted by atomic mass is 32.2. The summed E-state index contributed by atoms with van der Waals surface area (Å²) in [6.45, 7) is 5.72. The molecule has 1 aromatic carbocycles. The van der Waals surface area contributed by atoms with E-state index in [0.717, 1.165) is 25.7 Å². The van der Waals surface area contributed by atoms with Crippen molar-refractivity contribution in [1.29, 1.82) is 0 Å². The summed E-state index contributed by atoms with van der Waals surface area (Å²) in [4.78, 5) is 12.1. The quantitative estimate of drug-likeness (QED) is 0.757. The number of carbonyl (C=O) groups is 1. The number of nitrogens with two attached hydrogens (primary N) is 1. The summed E-state index contributed by atoms with van der Waals surface area (Å²) in [6, 6.07) is 4.59. The van der Waals surface area contributed by atoms with E-state index in [1.54, 1.807) is 19.1 Å². The molecule has 3 N–H and O–H groups in total. The Hall–Kier alpha value is -1.40. The van der Waals surface area contributed by atoms with Gasteiger partial charge in [0.2, 0.25) is 10.0 Å². The van der Waals surface area contributed by atoms with E-state index in [0.29, 0.717) is 11.1 Å². The maximum Gasteiger partial charge on any atom is 0.251 e. The molecule has 0 bridgehead atoms. The van der Waals surface area contributed by atoms with E-state index in [9.17, 15) is 13.2 Å². The first kappa shape index (κ1) is 17.7. The Kier molecular flexibility index (Phi) is 6.36. The fourth-order valence-electron chi connectivity index (χ4n) is 2.13. The van der Waals surface area contributed by atoms with E-state index >= 15 is 0 Å². The van der Waals surface area contributed by atoms with Crippen molar-refractivity contribution in [2.24, 2.45) is 5.14 Å². The minimum absolute atomic E-state index is 0.00575. The van der Waals surface area contributed by atoms with Crippen molar-refractivity contribution in [2.75, 3.05) is 0 Å². The standard InChI is InChI=1S/C15H24N2O3S/c1-4-5-6-7-12(3)17-15(18)13-9-8-11(2)14(10-13)21(16,19)20/h8-10,12H,4-7H2,1-3H3,(H,17,18)(H2,16,19,20). The fraction of sp³-hybridized carbons (Fsp3) is 0.533. The summed E-state index contributed by atoms with van der Waals surface area (Å²) in [5, 5.41) is 8.03. The van der Waals surface area contributed by atoms with Crippen LogP contribution in [0, 0.1) is 6.92 Å². The van der Waals surface area contributed by atoms with Gasteiger partial charge in [0, 0.05) is 11.6 Å². The number of nitrogens with one attached hydrogen (secondary N) is 1. The van der Waals surface area contributed by atoms with Gasteiger partial charge in [0.25, 0.3) is 5.91 Å². The third-order valence-electron chi connectivity index (χ3n) is 3.38. The van der Waals surface area contributed by atoms with E-state index in [1.807, 2.05) is 6.92 Å². The topological polar surface area (TPSA) is 89.3 Å². The number of hydrogen-bond donors (Lipinski definition) is 2. The third-order valence-corrected chi connectivity index (χ3v) is 4.43. The van der Waals surface area contributed by atoms with Crippen LogP contribution in [0.3, 0.4) is 0 Å². The van der Waals surface area contributed by atoms with Gasteiger partial charge in [-0.3, -0.25) is 4.79 Å². The highest BCUT2D eigenvalue weighted by molar-refractivity contribution is 7.89. The summed E-state index contributed by atoms with van der Waals surface area (Å²) < 4.78 is 22.9. The molecule has 0 saturated heterocycles. The number of aryl methyl sites for hydroxylation is 1. The van der Waals surface area contributed by atoms with Gasteiger partial charge in [-0.15, -0.1) is 0 Å². The lowest BCUT2D eigenvalue weighted by atomic mass is 10.1. The van der Waals surface area contributed by atoms with Crippen LogP contribution < -0.4 is 10.5 Å². The smallest absolute Gasteiger partial charge is 0.251 e. The number of sulfonamides is 1. The highest BCUT2D eigenvalue weighted by Crippen LogP contribution is 2.16. The molecule has 1 rings (SSSR count). The second kappa shape index (κ2) is 7.56. The van der Waals surface area contributed by atoms with Gasteiger partial charge in [0.15, 0.2) is 0 Å². The zero-order chi connectivity index (χ0) is 16.0. The van der Waals surface area contributed by atoms with Crippen molar-refractivity contribution >= 4 is 15.9 Å². The Morgan fingerprint density at radius 3 is 2.57 bits per heavy atom. The van der Waals surface area contributed by atoms with Crippen LogP contribution >= 0.6 is 0 Å². The zero-order valence-corrected chi connectivity index (χ0v) is 13.7. The summed E-state index contributed by atoms with van der Waals surface area (Å²) >= 11 is 0. The summed E-state index contributed by atoms with van der Waals surface area (Å²) in [7, 11) is -3.82. The molecule has 0 heterocycles. The normalized spacial score (nSPS) is 13.0. The molecule has 0 aliphatic carbocycles. The largest absolute Gasteiger partial charge is 0.350 e. The molecule has 0 saturated carbocycles. The number of carbonyl (C=O) groups excluding carboxylic acids is 1. The first-order chi connectivity index (χ1) is 9.75. The molecule has 1 unspecified atom stereocenters. The Morgan fingerprint density at radius 2 is 2.00 bits per heavy atom. The first-order valence-corrected chi connectivity index (χ1v) is 8.74. The third kappa shape index (κ3) is 5.47. The number of rotatable bonds is 7. The molecule has 6 heteroatoms. The number of hydrogen-bond acceptors (Lipinski definition) is 3. The van der Waals surface area contributed by atoms with Crippen LogP contribution in [0.2, 0.25) is 0 Å². The second-order valence-electron chi connectivity index (χ2n) is 5.40. The van der Waals surface area contributed by atoms with E-state index in [-0.39, 0.29) is 16.8 Å². The first-order valence-electron chi connectivity index (χ1n) is 7.20. The lowest BCUT2D eigenvalue weighted by Gasteiger charge is -2.14. The van der Waals surface area contributed by atoms with E-state index < -0.39 is 10.0 Å². The fourth-order valence-corrected chi connectivity index (χ4v) is 2.94. The van der Waals surface area contributed by atoms with Crippen LogP contribution in [-0.2, 0) is 10.0 Å². The number of primary sulfonamides is 1. The molecule has 0 spiro atoms. The minimum atomic E-state index is -3.82. The Morgan fingerprint density at radius 1 is 1.33 bits per heavy atom. The Bertz CT molecular complexity index is 597. The molecule has 1 amide bonds. The van der Waals surface area contributed by atoms with Gasteiger partial charge in [-0.2, -0.15) is 0 Å².